The number of anilines is 2. The normalized spacial score (nSPS) is 15.9. The number of nitrogens with zero attached hydrogens (tertiary/aromatic N) is 2. The molecule has 5 nitrogen and oxygen atoms in total. The molecule has 0 unspecified atom stereocenters. The van der Waals surface area contributed by atoms with E-state index >= 15 is 0 Å². The summed E-state index contributed by atoms with van der Waals surface area (Å²) in [6.45, 7) is 1.54. The average Bonchev–Trinajstić information content (AvgIpc) is 2.33. The Bertz CT molecular complexity index is 445. The highest BCUT2D eigenvalue weighted by Crippen LogP contribution is 2.32. The van der Waals surface area contributed by atoms with Crippen molar-refractivity contribution in [2.45, 2.75) is 19.3 Å². The summed E-state index contributed by atoms with van der Waals surface area (Å²) in [7, 11) is 0. The fourth-order valence-electron chi connectivity index (χ4n) is 2.11. The van der Waals surface area contributed by atoms with E-state index < -0.39 is 10.7 Å². The molecular weight excluding hydrogens is 225 g/mol. The summed E-state index contributed by atoms with van der Waals surface area (Å²) < 4.78 is 13.9. The van der Waals surface area contributed by atoms with Gasteiger partial charge in [-0.25, -0.2) is 4.39 Å². The maximum Gasteiger partial charge on any atom is 0.295 e. The molecule has 0 radical (unpaired) electrons. The van der Waals surface area contributed by atoms with Crippen LogP contribution in [0.1, 0.15) is 19.3 Å². The van der Waals surface area contributed by atoms with Crippen molar-refractivity contribution in [1.82, 2.24) is 0 Å². The lowest BCUT2D eigenvalue weighted by Crippen LogP contribution is -2.30. The van der Waals surface area contributed by atoms with Crippen LogP contribution in [-0.2, 0) is 0 Å². The molecule has 92 valence electrons. The summed E-state index contributed by atoms with van der Waals surface area (Å²) in [4.78, 5) is 11.8. The van der Waals surface area contributed by atoms with Gasteiger partial charge in [-0.2, -0.15) is 0 Å². The first kappa shape index (κ1) is 11.6. The largest absolute Gasteiger partial charge is 0.391 e. The van der Waals surface area contributed by atoms with Crippen LogP contribution in [0.4, 0.5) is 21.5 Å². The van der Waals surface area contributed by atoms with E-state index in [2.05, 4.69) is 0 Å². The van der Waals surface area contributed by atoms with Crippen molar-refractivity contribution in [3.05, 3.63) is 28.1 Å². The lowest BCUT2D eigenvalue weighted by atomic mass is 10.1. The Hall–Kier alpha value is -1.85. The number of nitro groups is 1. The van der Waals surface area contributed by atoms with Crippen LogP contribution in [0.5, 0.6) is 0 Å². The van der Waals surface area contributed by atoms with Crippen LogP contribution >= 0.6 is 0 Å². The number of nitrogen functional groups attached to an aromatic ring is 1. The van der Waals surface area contributed by atoms with Crippen molar-refractivity contribution < 1.29 is 9.31 Å². The van der Waals surface area contributed by atoms with Gasteiger partial charge < -0.3 is 10.6 Å². The molecule has 2 N–H and O–H groups in total. The van der Waals surface area contributed by atoms with E-state index in [0.29, 0.717) is 5.69 Å². The number of piperidine rings is 1. The summed E-state index contributed by atoms with van der Waals surface area (Å²) >= 11 is 0. The van der Waals surface area contributed by atoms with Crippen molar-refractivity contribution in [3.8, 4) is 0 Å². The van der Waals surface area contributed by atoms with Crippen molar-refractivity contribution in [1.29, 1.82) is 0 Å². The summed E-state index contributed by atoms with van der Waals surface area (Å²) in [6, 6.07) is 2.71. The van der Waals surface area contributed by atoms with E-state index in [1.54, 1.807) is 0 Å². The first-order valence-corrected chi connectivity index (χ1v) is 5.58. The molecule has 17 heavy (non-hydrogen) atoms. The minimum absolute atomic E-state index is 0.368. The molecule has 1 aliphatic rings. The summed E-state index contributed by atoms with van der Waals surface area (Å²) in [6.07, 6.45) is 3.16. The minimum Gasteiger partial charge on any atom is -0.391 e. The van der Waals surface area contributed by atoms with Gasteiger partial charge in [0.05, 0.1) is 10.6 Å². The fraction of sp³-hybridized carbons (Fsp3) is 0.455. The van der Waals surface area contributed by atoms with Crippen molar-refractivity contribution in [2.24, 2.45) is 0 Å². The number of hydrogen-bond donors (Lipinski definition) is 1. The second-order valence-electron chi connectivity index (χ2n) is 4.14. The van der Waals surface area contributed by atoms with Gasteiger partial charge >= 0.3 is 0 Å². The van der Waals surface area contributed by atoms with Gasteiger partial charge in [-0.1, -0.05) is 0 Å². The Kier molecular flexibility index (Phi) is 3.12. The molecular formula is C11H14FN3O2. The molecule has 6 heteroatoms. The molecule has 1 saturated heterocycles. The van der Waals surface area contributed by atoms with Gasteiger partial charge in [0.1, 0.15) is 5.69 Å². The molecule has 0 atom stereocenters. The van der Waals surface area contributed by atoms with E-state index in [0.717, 1.165) is 32.4 Å². The maximum atomic E-state index is 13.9. The summed E-state index contributed by atoms with van der Waals surface area (Å²) in [5.74, 6) is -0.680. The van der Waals surface area contributed by atoms with Gasteiger partial charge in [-0.15, -0.1) is 0 Å². The Morgan fingerprint density at radius 2 is 1.94 bits per heavy atom. The molecule has 1 aliphatic heterocycles. The van der Waals surface area contributed by atoms with Gasteiger partial charge in [0.2, 0.25) is 0 Å². The maximum absolute atomic E-state index is 13.9. The standard InChI is InChI=1S/C11H14FN3O2/c12-10-8(14-6-2-1-3-7-14)4-5-9(11(10)13)15(16)17/h4-5H,1-3,6-7,13H2. The number of nitro benzene ring substituents is 1. The topological polar surface area (TPSA) is 72.4 Å². The highest BCUT2D eigenvalue weighted by molar-refractivity contribution is 5.68. The molecule has 0 aromatic heterocycles. The van der Waals surface area contributed by atoms with Crippen LogP contribution < -0.4 is 10.6 Å². The molecule has 0 aliphatic carbocycles. The first-order valence-electron chi connectivity index (χ1n) is 5.58. The smallest absolute Gasteiger partial charge is 0.295 e. The first-order chi connectivity index (χ1) is 8.11. The van der Waals surface area contributed by atoms with Crippen LogP contribution in [0.3, 0.4) is 0 Å². The molecule has 0 bridgehead atoms. The zero-order valence-electron chi connectivity index (χ0n) is 9.36. The van der Waals surface area contributed by atoms with Crippen LogP contribution in [0, 0.1) is 15.9 Å². The Labute approximate surface area is 98.2 Å². The summed E-state index contributed by atoms with van der Waals surface area (Å²) in [5, 5.41) is 10.6. The highest BCUT2D eigenvalue weighted by Gasteiger charge is 2.22. The molecule has 1 aromatic carbocycles. The van der Waals surface area contributed by atoms with Gasteiger partial charge in [0.15, 0.2) is 5.82 Å². The number of nitrogens with two attached hydrogens (primary N) is 1. The van der Waals surface area contributed by atoms with Gasteiger partial charge in [-0.05, 0) is 25.3 Å². The number of hydrogen-bond acceptors (Lipinski definition) is 4. The summed E-state index contributed by atoms with van der Waals surface area (Å²) in [5.41, 5.74) is 5.07. The van der Waals surface area contributed by atoms with Crippen molar-refractivity contribution in [2.75, 3.05) is 23.7 Å². The van der Waals surface area contributed by atoms with Crippen molar-refractivity contribution >= 4 is 17.1 Å². The quantitative estimate of drug-likeness (QED) is 0.488. The second-order valence-corrected chi connectivity index (χ2v) is 4.14. The predicted molar refractivity (Wildman–Crippen MR) is 63.5 cm³/mol. The Morgan fingerprint density at radius 1 is 1.29 bits per heavy atom. The molecule has 0 spiro atoms. The fourth-order valence-corrected chi connectivity index (χ4v) is 2.11. The highest BCUT2D eigenvalue weighted by atomic mass is 19.1. The van der Waals surface area contributed by atoms with Crippen LogP contribution in [0.2, 0.25) is 0 Å². The molecule has 0 saturated carbocycles. The lowest BCUT2D eigenvalue weighted by Gasteiger charge is -2.29. The zero-order chi connectivity index (χ0) is 12.4. The van der Waals surface area contributed by atoms with Gasteiger partial charge in [0, 0.05) is 19.2 Å². The average molecular weight is 239 g/mol. The van der Waals surface area contributed by atoms with E-state index in [1.165, 1.54) is 12.1 Å². The number of rotatable bonds is 2. The van der Waals surface area contributed by atoms with Crippen LogP contribution in [0.25, 0.3) is 0 Å². The third-order valence-corrected chi connectivity index (χ3v) is 3.03. The molecule has 0 amide bonds. The van der Waals surface area contributed by atoms with Crippen LogP contribution in [-0.4, -0.2) is 18.0 Å². The van der Waals surface area contributed by atoms with Crippen molar-refractivity contribution in [3.63, 3.8) is 0 Å². The zero-order valence-corrected chi connectivity index (χ0v) is 9.36. The SMILES string of the molecule is Nc1c([N+](=O)[O-])ccc(N2CCCCC2)c1F. The van der Waals surface area contributed by atoms with Crippen LogP contribution in [0.15, 0.2) is 12.1 Å². The lowest BCUT2D eigenvalue weighted by molar-refractivity contribution is -0.384. The number of halogens is 1. The molecule has 1 heterocycles. The molecule has 1 fully saturated rings. The third kappa shape index (κ3) is 2.15. The van der Waals surface area contributed by atoms with E-state index in [9.17, 15) is 14.5 Å². The Morgan fingerprint density at radius 3 is 2.53 bits per heavy atom. The van der Waals surface area contributed by atoms with E-state index in [-0.39, 0.29) is 11.4 Å². The van der Waals surface area contributed by atoms with Gasteiger partial charge in [-0.3, -0.25) is 10.1 Å². The van der Waals surface area contributed by atoms with Gasteiger partial charge in [0.25, 0.3) is 5.69 Å². The number of benzene rings is 1. The second kappa shape index (κ2) is 4.57. The monoisotopic (exact) mass is 239 g/mol. The molecule has 1 aromatic rings. The van der Waals surface area contributed by atoms with E-state index in [1.807, 2.05) is 4.90 Å². The Balaban J connectivity index is 2.36. The van der Waals surface area contributed by atoms with E-state index in [4.69, 9.17) is 5.73 Å². The molecule has 2 rings (SSSR count). The minimum atomic E-state index is -0.680. The predicted octanol–water partition coefficient (Wildman–Crippen LogP) is 2.31. The third-order valence-electron chi connectivity index (χ3n) is 3.03.